The number of anilines is 1. The predicted molar refractivity (Wildman–Crippen MR) is 87.7 cm³/mol. The lowest BCUT2D eigenvalue weighted by atomic mass is 9.87. The Morgan fingerprint density at radius 2 is 2.14 bits per heavy atom. The molecule has 2 aromatic rings. The Morgan fingerprint density at radius 3 is 2.76 bits per heavy atom. The van der Waals surface area contributed by atoms with Crippen molar-refractivity contribution in [1.29, 1.82) is 0 Å². The van der Waals surface area contributed by atoms with E-state index in [0.29, 0.717) is 5.92 Å². The molecule has 1 fully saturated rings. The second-order valence-corrected chi connectivity index (χ2v) is 7.90. The Hall–Kier alpha value is -1.46. The van der Waals surface area contributed by atoms with Crippen LogP contribution in [-0.4, -0.2) is 16.9 Å². The van der Waals surface area contributed by atoms with Crippen LogP contribution < -0.4 is 11.1 Å². The third-order valence-electron chi connectivity index (χ3n) is 3.81. The Labute approximate surface area is 128 Å². The van der Waals surface area contributed by atoms with Gasteiger partial charge in [-0.1, -0.05) is 20.8 Å². The van der Waals surface area contributed by atoms with Crippen molar-refractivity contribution in [2.24, 2.45) is 11.1 Å². The van der Waals surface area contributed by atoms with Crippen LogP contribution in [0.25, 0.3) is 10.2 Å². The molecule has 1 saturated carbocycles. The molecule has 112 valence electrons. The maximum absolute atomic E-state index is 12.2. The van der Waals surface area contributed by atoms with Gasteiger partial charge in [-0.05, 0) is 36.5 Å². The fourth-order valence-electron chi connectivity index (χ4n) is 2.14. The number of nitrogens with zero attached hydrogens (tertiary/aromatic N) is 1. The van der Waals surface area contributed by atoms with Gasteiger partial charge in [0.2, 0.25) is 5.91 Å². The minimum atomic E-state index is -0.531. The molecule has 1 aromatic carbocycles. The number of hydrogen-bond acceptors (Lipinski definition) is 4. The summed E-state index contributed by atoms with van der Waals surface area (Å²) in [6, 6.07) is 5.32. The van der Waals surface area contributed by atoms with Crippen LogP contribution in [0, 0.1) is 5.41 Å². The highest BCUT2D eigenvalue weighted by molar-refractivity contribution is 7.18. The molecule has 1 aromatic heterocycles. The maximum atomic E-state index is 12.2. The normalized spacial score (nSPS) is 17.0. The summed E-state index contributed by atoms with van der Waals surface area (Å²) >= 11 is 1.73. The van der Waals surface area contributed by atoms with E-state index in [1.54, 1.807) is 11.3 Å². The van der Waals surface area contributed by atoms with E-state index in [1.807, 2.05) is 39.0 Å². The zero-order valence-corrected chi connectivity index (χ0v) is 13.5. The number of aromatic nitrogens is 1. The van der Waals surface area contributed by atoms with E-state index < -0.39 is 6.04 Å². The number of nitrogens with one attached hydrogen (secondary N) is 1. The second kappa shape index (κ2) is 5.07. The Balaban J connectivity index is 1.79. The summed E-state index contributed by atoms with van der Waals surface area (Å²) in [6.45, 7) is 5.89. The van der Waals surface area contributed by atoms with Gasteiger partial charge in [0, 0.05) is 11.6 Å². The lowest BCUT2D eigenvalue weighted by molar-refractivity contribution is -0.119. The van der Waals surface area contributed by atoms with Gasteiger partial charge in [0.25, 0.3) is 0 Å². The van der Waals surface area contributed by atoms with Gasteiger partial charge in [0.05, 0.1) is 21.3 Å². The van der Waals surface area contributed by atoms with Gasteiger partial charge < -0.3 is 11.1 Å². The van der Waals surface area contributed by atoms with Crippen LogP contribution >= 0.6 is 11.3 Å². The molecule has 0 radical (unpaired) electrons. The zero-order valence-electron chi connectivity index (χ0n) is 12.6. The van der Waals surface area contributed by atoms with Gasteiger partial charge >= 0.3 is 0 Å². The standard InChI is InChI=1S/C16H21N3OS/c1-16(2,3)13(17)14(20)18-10-6-7-11-12(8-10)21-15(19-11)9-4-5-9/h6-9,13H,4-5,17H2,1-3H3,(H,18,20)/t13-/m1/s1. The van der Waals surface area contributed by atoms with Gasteiger partial charge in [-0.2, -0.15) is 0 Å². The van der Waals surface area contributed by atoms with Crippen molar-refractivity contribution in [3.05, 3.63) is 23.2 Å². The van der Waals surface area contributed by atoms with E-state index in [1.165, 1.54) is 17.8 Å². The number of nitrogens with two attached hydrogens (primary N) is 1. The topological polar surface area (TPSA) is 68.0 Å². The monoisotopic (exact) mass is 303 g/mol. The summed E-state index contributed by atoms with van der Waals surface area (Å²) < 4.78 is 1.12. The van der Waals surface area contributed by atoms with E-state index in [9.17, 15) is 4.79 Å². The molecule has 0 aliphatic heterocycles. The number of carbonyl (C=O) groups excluding carboxylic acids is 1. The van der Waals surface area contributed by atoms with Crippen molar-refractivity contribution in [3.63, 3.8) is 0 Å². The largest absolute Gasteiger partial charge is 0.325 e. The van der Waals surface area contributed by atoms with E-state index in [0.717, 1.165) is 15.9 Å². The van der Waals surface area contributed by atoms with Crippen molar-refractivity contribution >= 4 is 33.1 Å². The molecule has 1 heterocycles. The Bertz CT molecular complexity index is 682. The lowest BCUT2D eigenvalue weighted by Gasteiger charge is -2.25. The van der Waals surface area contributed by atoms with Gasteiger partial charge in [-0.3, -0.25) is 4.79 Å². The second-order valence-electron chi connectivity index (χ2n) is 6.84. The molecule has 3 rings (SSSR count). The summed E-state index contributed by atoms with van der Waals surface area (Å²) in [5, 5.41) is 4.13. The molecule has 1 atom stereocenters. The number of benzene rings is 1. The molecule has 4 nitrogen and oxygen atoms in total. The van der Waals surface area contributed by atoms with Crippen LogP contribution in [-0.2, 0) is 4.79 Å². The van der Waals surface area contributed by atoms with Crippen LogP contribution in [0.5, 0.6) is 0 Å². The SMILES string of the molecule is CC(C)(C)[C@H](N)C(=O)Nc1ccc2nc(C3CC3)sc2c1. The minimum Gasteiger partial charge on any atom is -0.325 e. The van der Waals surface area contributed by atoms with Crippen molar-refractivity contribution in [3.8, 4) is 0 Å². The van der Waals surface area contributed by atoms with E-state index in [2.05, 4.69) is 10.3 Å². The van der Waals surface area contributed by atoms with Crippen LogP contribution in [0.4, 0.5) is 5.69 Å². The molecule has 3 N–H and O–H groups in total. The number of fused-ring (bicyclic) bond motifs is 1. The molecule has 0 spiro atoms. The third-order valence-corrected chi connectivity index (χ3v) is 5.00. The van der Waals surface area contributed by atoms with Crippen LogP contribution in [0.15, 0.2) is 18.2 Å². The number of hydrogen-bond donors (Lipinski definition) is 2. The van der Waals surface area contributed by atoms with Crippen molar-refractivity contribution in [2.75, 3.05) is 5.32 Å². The summed E-state index contributed by atoms with van der Waals surface area (Å²) in [5.74, 6) is 0.517. The van der Waals surface area contributed by atoms with Gasteiger partial charge in [0.1, 0.15) is 0 Å². The molecule has 0 bridgehead atoms. The molecule has 0 saturated heterocycles. The first-order valence-corrected chi connectivity index (χ1v) is 8.13. The average Bonchev–Trinajstić information content (AvgIpc) is 3.17. The Kier molecular flexibility index (Phi) is 3.50. The number of amides is 1. The summed E-state index contributed by atoms with van der Waals surface area (Å²) in [5.41, 5.74) is 7.54. The highest BCUT2D eigenvalue weighted by Gasteiger charge is 2.28. The molecular weight excluding hydrogens is 282 g/mol. The first-order valence-electron chi connectivity index (χ1n) is 7.31. The molecule has 21 heavy (non-hydrogen) atoms. The van der Waals surface area contributed by atoms with E-state index >= 15 is 0 Å². The predicted octanol–water partition coefficient (Wildman–Crippen LogP) is 3.49. The zero-order chi connectivity index (χ0) is 15.2. The molecule has 1 aliphatic rings. The van der Waals surface area contributed by atoms with Gasteiger partial charge in [0.15, 0.2) is 0 Å². The van der Waals surface area contributed by atoms with Crippen molar-refractivity contribution in [2.45, 2.75) is 45.6 Å². The van der Waals surface area contributed by atoms with Crippen LogP contribution in [0.1, 0.15) is 44.5 Å². The smallest absolute Gasteiger partial charge is 0.241 e. The first kappa shape index (κ1) is 14.5. The summed E-state index contributed by atoms with van der Waals surface area (Å²) in [6.07, 6.45) is 2.51. The van der Waals surface area contributed by atoms with E-state index in [-0.39, 0.29) is 11.3 Å². The molecular formula is C16H21N3OS. The number of carbonyl (C=O) groups is 1. The lowest BCUT2D eigenvalue weighted by Crippen LogP contribution is -2.45. The molecule has 1 amide bonds. The van der Waals surface area contributed by atoms with Crippen molar-refractivity contribution < 1.29 is 4.79 Å². The fraction of sp³-hybridized carbons (Fsp3) is 0.500. The van der Waals surface area contributed by atoms with Gasteiger partial charge in [-0.15, -0.1) is 11.3 Å². The van der Waals surface area contributed by atoms with Crippen LogP contribution in [0.3, 0.4) is 0 Å². The quantitative estimate of drug-likeness (QED) is 0.912. The molecule has 0 unspecified atom stereocenters. The first-order chi connectivity index (χ1) is 9.84. The van der Waals surface area contributed by atoms with Crippen LogP contribution in [0.2, 0.25) is 0 Å². The van der Waals surface area contributed by atoms with Crippen molar-refractivity contribution in [1.82, 2.24) is 4.98 Å². The van der Waals surface area contributed by atoms with Gasteiger partial charge in [-0.25, -0.2) is 4.98 Å². The summed E-state index contributed by atoms with van der Waals surface area (Å²) in [4.78, 5) is 16.8. The maximum Gasteiger partial charge on any atom is 0.241 e. The highest BCUT2D eigenvalue weighted by atomic mass is 32.1. The third kappa shape index (κ3) is 3.09. The average molecular weight is 303 g/mol. The molecule has 5 heteroatoms. The molecule has 1 aliphatic carbocycles. The number of rotatable bonds is 3. The highest BCUT2D eigenvalue weighted by Crippen LogP contribution is 2.43. The fourth-order valence-corrected chi connectivity index (χ4v) is 3.31. The summed E-state index contributed by atoms with van der Waals surface area (Å²) in [7, 11) is 0. The Morgan fingerprint density at radius 1 is 1.43 bits per heavy atom. The van der Waals surface area contributed by atoms with E-state index in [4.69, 9.17) is 5.73 Å². The number of thiazole rings is 1. The minimum absolute atomic E-state index is 0.145.